The van der Waals surface area contributed by atoms with Gasteiger partial charge in [-0.2, -0.15) is 4.31 Å². The molecule has 33 heavy (non-hydrogen) atoms. The van der Waals surface area contributed by atoms with E-state index in [1.165, 1.54) is 16.4 Å². The molecule has 1 aliphatic rings. The summed E-state index contributed by atoms with van der Waals surface area (Å²) in [5.41, 5.74) is 0.950. The number of anilines is 1. The predicted octanol–water partition coefficient (Wildman–Crippen LogP) is 2.83. The zero-order valence-corrected chi connectivity index (χ0v) is 18.8. The van der Waals surface area contributed by atoms with E-state index in [1.54, 1.807) is 48.3 Å². The number of nitrogens with zero attached hydrogens (tertiary/aromatic N) is 3. The maximum atomic E-state index is 13.2. The molecule has 0 spiro atoms. The van der Waals surface area contributed by atoms with Crippen molar-refractivity contribution in [3.63, 3.8) is 0 Å². The minimum atomic E-state index is -3.82. The van der Waals surface area contributed by atoms with Crippen molar-refractivity contribution < 1.29 is 22.4 Å². The summed E-state index contributed by atoms with van der Waals surface area (Å²) < 4.78 is 41.8. The molecule has 1 atom stereocenters. The molecule has 3 aromatic rings. The first kappa shape index (κ1) is 22.8. The van der Waals surface area contributed by atoms with Crippen LogP contribution < -0.4 is 5.32 Å². The highest BCUT2D eigenvalue weighted by Crippen LogP contribution is 2.25. The Morgan fingerprint density at radius 2 is 1.79 bits per heavy atom. The van der Waals surface area contributed by atoms with Gasteiger partial charge in [0.2, 0.25) is 21.7 Å². The van der Waals surface area contributed by atoms with Gasteiger partial charge in [-0.05, 0) is 61.4 Å². The van der Waals surface area contributed by atoms with E-state index in [1.807, 2.05) is 0 Å². The summed E-state index contributed by atoms with van der Waals surface area (Å²) in [4.78, 5) is 29.4. The summed E-state index contributed by atoms with van der Waals surface area (Å²) in [7, 11) is -2.08. The molecular weight excluding hydrogens is 447 g/mol. The quantitative estimate of drug-likeness (QED) is 0.559. The van der Waals surface area contributed by atoms with Crippen LogP contribution in [0.5, 0.6) is 0 Å². The molecule has 1 amide bonds. The number of ketones is 1. The number of halogens is 1. The lowest BCUT2D eigenvalue weighted by Gasteiger charge is -2.31. The molecule has 1 aliphatic heterocycles. The molecule has 0 aliphatic carbocycles. The molecule has 1 saturated heterocycles. The van der Waals surface area contributed by atoms with Crippen molar-refractivity contribution in [3.8, 4) is 0 Å². The van der Waals surface area contributed by atoms with Crippen LogP contribution in [-0.2, 0) is 21.9 Å². The third-order valence-electron chi connectivity index (χ3n) is 5.65. The van der Waals surface area contributed by atoms with Gasteiger partial charge in [0.15, 0.2) is 5.82 Å². The highest BCUT2D eigenvalue weighted by molar-refractivity contribution is 7.89. The molecule has 10 heteroatoms. The van der Waals surface area contributed by atoms with Gasteiger partial charge in [-0.3, -0.25) is 9.59 Å². The summed E-state index contributed by atoms with van der Waals surface area (Å²) >= 11 is 0. The van der Waals surface area contributed by atoms with Crippen molar-refractivity contribution in [3.05, 3.63) is 78.1 Å². The van der Waals surface area contributed by atoms with Gasteiger partial charge in [0.05, 0.1) is 10.8 Å². The fraction of sp³-hybridized carbons (Fsp3) is 0.261. The van der Waals surface area contributed by atoms with Gasteiger partial charge in [0.1, 0.15) is 5.82 Å². The number of aryl methyl sites for hydroxylation is 1. The molecule has 4 rings (SSSR count). The van der Waals surface area contributed by atoms with Gasteiger partial charge in [-0.1, -0.05) is 0 Å². The van der Waals surface area contributed by atoms with Crippen LogP contribution in [0.3, 0.4) is 0 Å². The average Bonchev–Trinajstić information content (AvgIpc) is 3.25. The van der Waals surface area contributed by atoms with E-state index in [2.05, 4.69) is 10.3 Å². The lowest BCUT2D eigenvalue weighted by atomic mass is 9.98. The first-order valence-electron chi connectivity index (χ1n) is 10.4. The van der Waals surface area contributed by atoms with E-state index in [9.17, 15) is 22.4 Å². The Bertz CT molecular complexity index is 1270. The smallest absolute Gasteiger partial charge is 0.243 e. The summed E-state index contributed by atoms with van der Waals surface area (Å²) in [6.45, 7) is 0.342. The van der Waals surface area contributed by atoms with Crippen molar-refractivity contribution in [1.29, 1.82) is 0 Å². The molecule has 1 N–H and O–H groups in total. The zero-order valence-electron chi connectivity index (χ0n) is 17.9. The molecule has 2 aromatic carbocycles. The van der Waals surface area contributed by atoms with E-state index in [-0.39, 0.29) is 23.1 Å². The summed E-state index contributed by atoms with van der Waals surface area (Å²) in [6.07, 6.45) is 4.32. The van der Waals surface area contributed by atoms with Crippen LogP contribution >= 0.6 is 0 Å². The molecule has 1 fully saturated rings. The van der Waals surface area contributed by atoms with Crippen LogP contribution in [0.2, 0.25) is 0 Å². The van der Waals surface area contributed by atoms with Crippen molar-refractivity contribution in [2.45, 2.75) is 17.7 Å². The Kier molecular flexibility index (Phi) is 6.39. The molecule has 2 heterocycles. The lowest BCUT2D eigenvalue weighted by Crippen LogP contribution is -2.43. The highest BCUT2D eigenvalue weighted by Gasteiger charge is 2.33. The van der Waals surface area contributed by atoms with Gasteiger partial charge in [-0.15, -0.1) is 0 Å². The van der Waals surface area contributed by atoms with Crippen molar-refractivity contribution in [1.82, 2.24) is 13.9 Å². The second kappa shape index (κ2) is 9.24. The van der Waals surface area contributed by atoms with Crippen LogP contribution in [-0.4, -0.2) is 47.1 Å². The fourth-order valence-electron chi connectivity index (χ4n) is 3.79. The molecule has 1 unspecified atom stereocenters. The average molecular weight is 471 g/mol. The number of carbonyl (C=O) groups is 2. The van der Waals surface area contributed by atoms with Gasteiger partial charge in [-0.25, -0.2) is 17.8 Å². The molecule has 0 saturated carbocycles. The summed E-state index contributed by atoms with van der Waals surface area (Å²) in [5, 5.41) is 2.80. The Labute approximate surface area is 191 Å². The van der Waals surface area contributed by atoms with E-state index in [4.69, 9.17) is 0 Å². The first-order valence-corrected chi connectivity index (χ1v) is 11.9. The number of aromatic nitrogens is 2. The normalized spacial score (nSPS) is 17.0. The number of nitrogens with one attached hydrogen (secondary N) is 1. The molecule has 0 radical (unpaired) electrons. The second-order valence-corrected chi connectivity index (χ2v) is 9.85. The molecule has 8 nitrogen and oxygen atoms in total. The number of hydrogen-bond donors (Lipinski definition) is 1. The van der Waals surface area contributed by atoms with Crippen molar-refractivity contribution in [2.75, 3.05) is 18.4 Å². The molecule has 172 valence electrons. The van der Waals surface area contributed by atoms with Crippen molar-refractivity contribution >= 4 is 27.4 Å². The van der Waals surface area contributed by atoms with Gasteiger partial charge >= 0.3 is 0 Å². The van der Waals surface area contributed by atoms with Crippen molar-refractivity contribution in [2.24, 2.45) is 13.0 Å². The summed E-state index contributed by atoms with van der Waals surface area (Å²) in [6, 6.07) is 11.1. The Morgan fingerprint density at radius 1 is 1.09 bits per heavy atom. The number of amides is 1. The van der Waals surface area contributed by atoms with E-state index in [0.717, 1.165) is 12.1 Å². The number of rotatable bonds is 6. The SMILES string of the molecule is Cn1ccnc1C(=O)c1ccc(NC(=O)C2CCCN(S(=O)(=O)c3ccc(F)cc3)C2)cc1. The molecule has 0 bridgehead atoms. The number of sulfonamides is 1. The van der Waals surface area contributed by atoms with Gasteiger partial charge in [0.25, 0.3) is 0 Å². The topological polar surface area (TPSA) is 101 Å². The van der Waals surface area contributed by atoms with E-state index >= 15 is 0 Å². The fourth-order valence-corrected chi connectivity index (χ4v) is 5.32. The van der Waals surface area contributed by atoms with E-state index < -0.39 is 21.8 Å². The number of imidazole rings is 1. The van der Waals surface area contributed by atoms with Gasteiger partial charge < -0.3 is 9.88 Å². The number of carbonyl (C=O) groups excluding carboxylic acids is 2. The largest absolute Gasteiger partial charge is 0.331 e. The number of piperidine rings is 1. The van der Waals surface area contributed by atoms with Crippen LogP contribution in [0, 0.1) is 11.7 Å². The maximum Gasteiger partial charge on any atom is 0.243 e. The van der Waals surface area contributed by atoms with Crippen LogP contribution in [0.15, 0.2) is 65.8 Å². The lowest BCUT2D eigenvalue weighted by molar-refractivity contribution is -0.120. The van der Waals surface area contributed by atoms with Gasteiger partial charge in [0, 0.05) is 43.8 Å². The third-order valence-corrected chi connectivity index (χ3v) is 7.52. The van der Waals surface area contributed by atoms with E-state index in [0.29, 0.717) is 36.5 Å². The minimum absolute atomic E-state index is 0.00192. The summed E-state index contributed by atoms with van der Waals surface area (Å²) in [5.74, 6) is -1.25. The predicted molar refractivity (Wildman–Crippen MR) is 120 cm³/mol. The number of hydrogen-bond acceptors (Lipinski definition) is 5. The van der Waals surface area contributed by atoms with Crippen LogP contribution in [0.1, 0.15) is 29.0 Å². The maximum absolute atomic E-state index is 13.2. The van der Waals surface area contributed by atoms with Crippen LogP contribution in [0.25, 0.3) is 0 Å². The molecule has 1 aromatic heterocycles. The second-order valence-electron chi connectivity index (χ2n) is 7.91. The Hall–Kier alpha value is -3.37. The Morgan fingerprint density at radius 3 is 2.42 bits per heavy atom. The molecular formula is C23H23FN4O4S. The van der Waals surface area contributed by atoms with Crippen LogP contribution in [0.4, 0.5) is 10.1 Å². The zero-order chi connectivity index (χ0) is 23.6. The Balaban J connectivity index is 1.41. The highest BCUT2D eigenvalue weighted by atomic mass is 32.2. The monoisotopic (exact) mass is 470 g/mol. The minimum Gasteiger partial charge on any atom is -0.331 e. The number of benzene rings is 2. The standard InChI is InChI=1S/C23H23FN4O4S/c1-27-14-12-25-22(27)21(29)16-4-8-19(9-5-16)26-23(30)17-3-2-13-28(15-17)33(31,32)20-10-6-18(24)7-11-20/h4-12,14,17H,2-3,13,15H2,1H3,(H,26,30). The first-order chi connectivity index (χ1) is 15.8. The third kappa shape index (κ3) is 4.86.